The van der Waals surface area contributed by atoms with E-state index in [1.807, 2.05) is 91.0 Å². The average molecular weight is 901 g/mol. The van der Waals surface area contributed by atoms with Gasteiger partial charge in [0, 0.05) is 36.0 Å². The standard InChI is InChI=1S/3C16H11FN.Ir/c1-11-10-13(6-7-15(11)17)16-14-5-3-2-4-12(14)8-9-18-16;2*1-11-6-7-13(10-15(11)17)16-14-5-3-2-4-12(14)8-9-18-16;/h2-5,7-10H,1H3;2*2-6,8-10H,1H3;/q3*-1;+3. The summed E-state index contributed by atoms with van der Waals surface area (Å²) in [6.07, 6.45) is 5.25. The van der Waals surface area contributed by atoms with Crippen LogP contribution in [0.1, 0.15) is 16.7 Å². The monoisotopic (exact) mass is 901 g/mol. The Hall–Kier alpha value is -6.01. The molecule has 7 heteroatoms. The molecule has 6 aromatic carbocycles. The molecule has 0 radical (unpaired) electrons. The summed E-state index contributed by atoms with van der Waals surface area (Å²) in [5.74, 6) is -0.684. The van der Waals surface area contributed by atoms with Crippen molar-refractivity contribution in [2.45, 2.75) is 20.8 Å². The minimum absolute atomic E-state index is 0. The van der Waals surface area contributed by atoms with Gasteiger partial charge in [0.2, 0.25) is 0 Å². The second-order valence-electron chi connectivity index (χ2n) is 12.8. The zero-order chi connectivity index (χ0) is 37.6. The molecule has 0 aliphatic carbocycles. The maximum absolute atomic E-state index is 13.6. The van der Waals surface area contributed by atoms with E-state index in [4.69, 9.17) is 0 Å². The summed E-state index contributed by atoms with van der Waals surface area (Å²) in [5.41, 5.74) is 6.39. The Morgan fingerprint density at radius 3 is 1.11 bits per heavy atom. The number of halogens is 3. The molecule has 3 aromatic heterocycles. The van der Waals surface area contributed by atoms with Gasteiger partial charge in [0.25, 0.3) is 0 Å². The maximum Gasteiger partial charge on any atom is 3.00 e. The van der Waals surface area contributed by atoms with Crippen LogP contribution in [-0.2, 0) is 20.1 Å². The van der Waals surface area contributed by atoms with E-state index >= 15 is 0 Å². The van der Waals surface area contributed by atoms with Crippen LogP contribution < -0.4 is 0 Å². The predicted molar refractivity (Wildman–Crippen MR) is 212 cm³/mol. The second-order valence-corrected chi connectivity index (χ2v) is 12.8. The van der Waals surface area contributed by atoms with Crippen molar-refractivity contribution in [3.8, 4) is 33.8 Å². The Balaban J connectivity index is 0.000000139. The fourth-order valence-corrected chi connectivity index (χ4v) is 6.07. The molecule has 0 amide bonds. The molecule has 270 valence electrons. The first kappa shape index (κ1) is 38.7. The van der Waals surface area contributed by atoms with Crippen LogP contribution in [0.4, 0.5) is 13.2 Å². The molecule has 0 fully saturated rings. The van der Waals surface area contributed by atoms with E-state index in [0.717, 1.165) is 55.0 Å². The normalized spacial score (nSPS) is 10.6. The zero-order valence-electron chi connectivity index (χ0n) is 30.2. The van der Waals surface area contributed by atoms with Crippen LogP contribution in [0.25, 0.3) is 66.1 Å². The zero-order valence-corrected chi connectivity index (χ0v) is 32.6. The van der Waals surface area contributed by atoms with Crippen molar-refractivity contribution in [2.24, 2.45) is 0 Å². The first-order valence-corrected chi connectivity index (χ1v) is 17.3. The van der Waals surface area contributed by atoms with Crippen molar-refractivity contribution in [3.05, 3.63) is 198 Å². The van der Waals surface area contributed by atoms with Gasteiger partial charge in [-0.15, -0.1) is 71.3 Å². The minimum atomic E-state index is -0.237. The summed E-state index contributed by atoms with van der Waals surface area (Å²) in [4.78, 5) is 13.1. The average Bonchev–Trinajstić information content (AvgIpc) is 3.21. The largest absolute Gasteiger partial charge is 3.00 e. The third-order valence-corrected chi connectivity index (χ3v) is 9.06. The number of pyridine rings is 3. The number of nitrogens with zero attached hydrogens (tertiary/aromatic N) is 3. The van der Waals surface area contributed by atoms with Crippen molar-refractivity contribution in [1.29, 1.82) is 0 Å². The van der Waals surface area contributed by atoms with Crippen LogP contribution in [0.3, 0.4) is 0 Å². The van der Waals surface area contributed by atoms with E-state index in [9.17, 15) is 13.2 Å². The van der Waals surface area contributed by atoms with Crippen LogP contribution in [0, 0.1) is 56.4 Å². The fraction of sp³-hybridized carbons (Fsp3) is 0.0625. The quantitative estimate of drug-likeness (QED) is 0.166. The van der Waals surface area contributed by atoms with Crippen molar-refractivity contribution < 1.29 is 33.3 Å². The van der Waals surface area contributed by atoms with Gasteiger partial charge in [-0.1, -0.05) is 110 Å². The smallest absolute Gasteiger partial charge is 0.304 e. The van der Waals surface area contributed by atoms with Crippen LogP contribution in [0.5, 0.6) is 0 Å². The molecule has 0 N–H and O–H groups in total. The van der Waals surface area contributed by atoms with Gasteiger partial charge in [-0.2, -0.15) is 0 Å². The Labute approximate surface area is 332 Å². The van der Waals surface area contributed by atoms with E-state index in [2.05, 4.69) is 33.2 Å². The number of rotatable bonds is 3. The predicted octanol–water partition coefficient (Wildman–Crippen LogP) is 12.4. The Bertz CT molecular complexity index is 2450. The molecular weight excluding hydrogens is 868 g/mol. The van der Waals surface area contributed by atoms with Gasteiger partial charge in [0.05, 0.1) is 0 Å². The van der Waals surface area contributed by atoms with Crippen molar-refractivity contribution >= 4 is 32.3 Å². The summed E-state index contributed by atoms with van der Waals surface area (Å²) in [7, 11) is 0. The first-order valence-electron chi connectivity index (χ1n) is 17.3. The molecule has 0 atom stereocenters. The fourth-order valence-electron chi connectivity index (χ4n) is 6.07. The van der Waals surface area contributed by atoms with Gasteiger partial charge in [-0.05, 0) is 67.6 Å². The maximum atomic E-state index is 13.6. The SMILES string of the molecule is Cc1c[c-]c(-c2nccc3ccccc23)cc1F.Cc1c[c-]c(-c2nccc3ccccc23)cc1F.Cc1cc(-c2nccc3ccccc23)[c-]cc1F.[Ir+3]. The molecule has 0 bridgehead atoms. The van der Waals surface area contributed by atoms with Gasteiger partial charge in [-0.25, -0.2) is 8.78 Å². The molecule has 3 nitrogen and oxygen atoms in total. The molecule has 0 saturated carbocycles. The number of hydrogen-bond donors (Lipinski definition) is 0. The molecule has 9 aromatic rings. The van der Waals surface area contributed by atoms with Crippen molar-refractivity contribution in [2.75, 3.05) is 0 Å². The first-order chi connectivity index (χ1) is 26.3. The van der Waals surface area contributed by atoms with Gasteiger partial charge in [0.1, 0.15) is 0 Å². The molecule has 9 rings (SSSR count). The van der Waals surface area contributed by atoms with Crippen LogP contribution >= 0.6 is 0 Å². The molecule has 0 spiro atoms. The van der Waals surface area contributed by atoms with Crippen LogP contribution in [0.15, 0.2) is 146 Å². The van der Waals surface area contributed by atoms with Gasteiger partial charge >= 0.3 is 20.1 Å². The summed E-state index contributed by atoms with van der Waals surface area (Å²) in [6, 6.07) is 48.3. The van der Waals surface area contributed by atoms with E-state index in [-0.39, 0.29) is 37.6 Å². The van der Waals surface area contributed by atoms with Crippen molar-refractivity contribution in [1.82, 2.24) is 15.0 Å². The van der Waals surface area contributed by atoms with E-state index < -0.39 is 0 Å². The van der Waals surface area contributed by atoms with Gasteiger partial charge < -0.3 is 15.0 Å². The van der Waals surface area contributed by atoms with Gasteiger partial charge in [-0.3, -0.25) is 4.39 Å². The molecule has 55 heavy (non-hydrogen) atoms. The van der Waals surface area contributed by atoms with Crippen LogP contribution in [-0.4, -0.2) is 15.0 Å². The van der Waals surface area contributed by atoms with E-state index in [1.54, 1.807) is 57.6 Å². The van der Waals surface area contributed by atoms with E-state index in [0.29, 0.717) is 27.8 Å². The summed E-state index contributed by atoms with van der Waals surface area (Å²) in [5, 5.41) is 6.40. The van der Waals surface area contributed by atoms with Crippen LogP contribution in [0.2, 0.25) is 0 Å². The second kappa shape index (κ2) is 17.4. The molecule has 0 unspecified atom stereocenters. The third-order valence-electron chi connectivity index (χ3n) is 9.06. The minimum Gasteiger partial charge on any atom is -0.304 e. The summed E-state index contributed by atoms with van der Waals surface area (Å²) < 4.78 is 40.5. The Morgan fingerprint density at radius 1 is 0.400 bits per heavy atom. The summed E-state index contributed by atoms with van der Waals surface area (Å²) >= 11 is 0. The Morgan fingerprint density at radius 2 is 0.745 bits per heavy atom. The molecule has 0 aliphatic rings. The van der Waals surface area contributed by atoms with Crippen molar-refractivity contribution in [3.63, 3.8) is 0 Å². The Kier molecular flexibility index (Phi) is 12.3. The topological polar surface area (TPSA) is 38.7 Å². The number of benzene rings is 6. The molecule has 3 heterocycles. The summed E-state index contributed by atoms with van der Waals surface area (Å²) in [6.45, 7) is 5.20. The molecule has 0 saturated heterocycles. The molecular formula is C48H33F3IrN3. The third kappa shape index (κ3) is 8.70. The number of fused-ring (bicyclic) bond motifs is 3. The van der Waals surface area contributed by atoms with Gasteiger partial charge in [0.15, 0.2) is 0 Å². The number of aryl methyl sites for hydroxylation is 3. The van der Waals surface area contributed by atoms with E-state index in [1.165, 1.54) is 18.2 Å². The molecule has 0 aliphatic heterocycles. The number of aromatic nitrogens is 3. The number of hydrogen-bond acceptors (Lipinski definition) is 3.